The number of carbonyl (C=O) groups excluding carboxylic acids is 3. The maximum Gasteiger partial charge on any atom is 0.329 e. The van der Waals surface area contributed by atoms with Crippen molar-refractivity contribution >= 4 is 45.1 Å². The van der Waals surface area contributed by atoms with Gasteiger partial charge in [-0.3, -0.25) is 14.4 Å². The van der Waals surface area contributed by atoms with Crippen LogP contribution in [0.3, 0.4) is 0 Å². The minimum atomic E-state index is -0.906. The Morgan fingerprint density at radius 3 is 2.58 bits per heavy atom. The number of hydrogen-bond donors (Lipinski definition) is 3. The third kappa shape index (κ3) is 7.34. The summed E-state index contributed by atoms with van der Waals surface area (Å²) in [5, 5.41) is 8.80. The van der Waals surface area contributed by atoms with Crippen LogP contribution in [-0.2, 0) is 19.1 Å². The van der Waals surface area contributed by atoms with Gasteiger partial charge in [-0.2, -0.15) is 5.10 Å². The van der Waals surface area contributed by atoms with Crippen LogP contribution in [-0.4, -0.2) is 43.7 Å². The summed E-state index contributed by atoms with van der Waals surface area (Å²) < 4.78 is 5.51. The van der Waals surface area contributed by atoms with Crippen LogP contribution < -0.4 is 16.1 Å². The third-order valence-corrected chi connectivity index (χ3v) is 3.40. The van der Waals surface area contributed by atoms with Gasteiger partial charge in [0.05, 0.1) is 18.7 Å². The molecule has 0 aliphatic heterocycles. The normalized spacial score (nSPS) is 10.9. The minimum absolute atomic E-state index is 0.0209. The monoisotopic (exact) mass is 398 g/mol. The third-order valence-electron chi connectivity index (χ3n) is 2.71. The van der Waals surface area contributed by atoms with E-state index in [0.29, 0.717) is 18.0 Å². The van der Waals surface area contributed by atoms with Crippen molar-refractivity contribution in [1.29, 1.82) is 0 Å². The van der Waals surface area contributed by atoms with Gasteiger partial charge in [0, 0.05) is 23.8 Å². The lowest BCUT2D eigenvalue weighted by Gasteiger charge is -2.07. The Morgan fingerprint density at radius 2 is 1.92 bits per heavy atom. The summed E-state index contributed by atoms with van der Waals surface area (Å²) in [6.45, 7) is 2.10. The zero-order valence-corrected chi connectivity index (χ0v) is 15.0. The molecule has 0 aromatic heterocycles. The van der Waals surface area contributed by atoms with Gasteiger partial charge >= 0.3 is 11.8 Å². The van der Waals surface area contributed by atoms with Gasteiger partial charge in [0.15, 0.2) is 0 Å². The van der Waals surface area contributed by atoms with Crippen LogP contribution in [0.4, 0.5) is 5.69 Å². The first-order chi connectivity index (χ1) is 11.4. The Bertz CT molecular complexity index is 634. The number of benzene rings is 1. The average molecular weight is 399 g/mol. The molecule has 8 nitrogen and oxygen atoms in total. The smallest absolute Gasteiger partial charge is 0.329 e. The van der Waals surface area contributed by atoms with Crippen LogP contribution in [0.1, 0.15) is 13.3 Å². The van der Waals surface area contributed by atoms with Gasteiger partial charge in [-0.05, 0) is 35.0 Å². The summed E-state index contributed by atoms with van der Waals surface area (Å²) in [6.07, 6.45) is -0.0209. The second-order valence-corrected chi connectivity index (χ2v) is 5.60. The van der Waals surface area contributed by atoms with E-state index in [0.717, 1.165) is 4.47 Å². The maximum atomic E-state index is 11.9. The second-order valence-electron chi connectivity index (χ2n) is 4.74. The summed E-state index contributed by atoms with van der Waals surface area (Å²) in [5.41, 5.74) is 3.09. The lowest BCUT2D eigenvalue weighted by molar-refractivity contribution is -0.139. The topological polar surface area (TPSA) is 109 Å². The van der Waals surface area contributed by atoms with E-state index in [-0.39, 0.29) is 18.9 Å². The average Bonchev–Trinajstić information content (AvgIpc) is 2.54. The Hall–Kier alpha value is -2.26. The Morgan fingerprint density at radius 1 is 1.21 bits per heavy atom. The Kier molecular flexibility index (Phi) is 8.66. The highest BCUT2D eigenvalue weighted by molar-refractivity contribution is 9.10. The van der Waals surface area contributed by atoms with Gasteiger partial charge in [0.1, 0.15) is 0 Å². The lowest BCUT2D eigenvalue weighted by atomic mass is 10.2. The zero-order chi connectivity index (χ0) is 17.9. The number of amides is 3. The lowest BCUT2D eigenvalue weighted by Crippen LogP contribution is -2.39. The molecule has 1 aromatic rings. The molecule has 130 valence electrons. The predicted octanol–water partition coefficient (Wildman–Crippen LogP) is 1.03. The quantitative estimate of drug-likeness (QED) is 0.275. The van der Waals surface area contributed by atoms with E-state index in [9.17, 15) is 14.4 Å². The van der Waals surface area contributed by atoms with Gasteiger partial charge < -0.3 is 15.4 Å². The van der Waals surface area contributed by atoms with Crippen molar-refractivity contribution in [3.8, 4) is 0 Å². The predicted molar refractivity (Wildman–Crippen MR) is 93.5 cm³/mol. The van der Waals surface area contributed by atoms with Crippen LogP contribution in [0.2, 0.25) is 0 Å². The Labute approximate surface area is 148 Å². The highest BCUT2D eigenvalue weighted by Crippen LogP contribution is 2.21. The molecule has 9 heteroatoms. The molecule has 0 radical (unpaired) electrons. The first-order valence-electron chi connectivity index (χ1n) is 7.08. The number of anilines is 1. The van der Waals surface area contributed by atoms with E-state index in [1.807, 2.05) is 6.07 Å². The van der Waals surface area contributed by atoms with E-state index < -0.39 is 11.8 Å². The fraction of sp³-hybridized carbons (Fsp3) is 0.333. The molecule has 0 heterocycles. The van der Waals surface area contributed by atoms with Crippen LogP contribution in [0.15, 0.2) is 33.8 Å². The van der Waals surface area contributed by atoms with Gasteiger partial charge in [0.2, 0.25) is 5.91 Å². The molecule has 0 aliphatic rings. The summed E-state index contributed by atoms with van der Waals surface area (Å²) in [6, 6.07) is 7.18. The fourth-order valence-corrected chi connectivity index (χ4v) is 1.96. The molecule has 0 unspecified atom stereocenters. The van der Waals surface area contributed by atoms with E-state index in [4.69, 9.17) is 4.74 Å². The van der Waals surface area contributed by atoms with Gasteiger partial charge in [0.25, 0.3) is 0 Å². The first-order valence-corrected chi connectivity index (χ1v) is 7.88. The van der Waals surface area contributed by atoms with E-state index >= 15 is 0 Å². The largest absolute Gasteiger partial charge is 0.383 e. The maximum absolute atomic E-state index is 11.9. The summed E-state index contributed by atoms with van der Waals surface area (Å²) in [5.74, 6) is -2.01. The Balaban J connectivity index is 2.43. The number of nitrogens with one attached hydrogen (secondary N) is 3. The zero-order valence-electron chi connectivity index (χ0n) is 13.4. The van der Waals surface area contributed by atoms with Crippen LogP contribution >= 0.6 is 15.9 Å². The summed E-state index contributed by atoms with van der Waals surface area (Å²) >= 11 is 3.33. The van der Waals surface area contributed by atoms with Crippen LogP contribution in [0, 0.1) is 0 Å². The van der Waals surface area contributed by atoms with Crippen molar-refractivity contribution in [1.82, 2.24) is 10.7 Å². The van der Waals surface area contributed by atoms with Gasteiger partial charge in [-0.25, -0.2) is 5.43 Å². The second kappa shape index (κ2) is 10.5. The minimum Gasteiger partial charge on any atom is -0.383 e. The molecule has 1 rings (SSSR count). The number of hydrazone groups is 1. The molecular formula is C15H19BrN4O4. The molecule has 3 N–H and O–H groups in total. The fourth-order valence-electron chi connectivity index (χ4n) is 1.57. The van der Waals surface area contributed by atoms with Crippen LogP contribution in [0.25, 0.3) is 0 Å². The molecule has 3 amide bonds. The number of rotatable bonds is 7. The molecule has 0 saturated carbocycles. The number of methoxy groups -OCH3 is 1. The molecule has 0 atom stereocenters. The number of para-hydroxylation sites is 1. The van der Waals surface area contributed by atoms with Crippen molar-refractivity contribution in [2.45, 2.75) is 13.3 Å². The number of halogens is 1. The van der Waals surface area contributed by atoms with Crippen molar-refractivity contribution < 1.29 is 19.1 Å². The molecular weight excluding hydrogens is 380 g/mol. The summed E-state index contributed by atoms with van der Waals surface area (Å²) in [7, 11) is 1.49. The van der Waals surface area contributed by atoms with Crippen LogP contribution in [0.5, 0.6) is 0 Å². The number of ether oxygens (including phenoxy) is 1. The molecule has 0 fully saturated rings. The first kappa shape index (κ1) is 19.8. The van der Waals surface area contributed by atoms with Gasteiger partial charge in [-0.1, -0.05) is 12.1 Å². The molecule has 0 bridgehead atoms. The standard InChI is InChI=1S/C15H19BrN4O4/c1-10(19-20-15(23)14(22)17-7-8-24-2)9-13(21)18-12-6-4-3-5-11(12)16/h3-6H,7-9H2,1-2H3,(H,17,22)(H,18,21)(H,20,23). The summed E-state index contributed by atoms with van der Waals surface area (Å²) in [4.78, 5) is 34.8. The van der Waals surface area contributed by atoms with Crippen molar-refractivity contribution in [2.24, 2.45) is 5.10 Å². The highest BCUT2D eigenvalue weighted by atomic mass is 79.9. The van der Waals surface area contributed by atoms with Crippen molar-refractivity contribution in [3.05, 3.63) is 28.7 Å². The number of nitrogens with zero attached hydrogens (tertiary/aromatic N) is 1. The molecule has 1 aromatic carbocycles. The SMILES string of the molecule is COCCNC(=O)C(=O)NN=C(C)CC(=O)Nc1ccccc1Br. The highest BCUT2D eigenvalue weighted by Gasteiger charge is 2.12. The van der Waals surface area contributed by atoms with Crippen molar-refractivity contribution in [2.75, 3.05) is 25.6 Å². The molecule has 24 heavy (non-hydrogen) atoms. The number of carbonyl (C=O) groups is 3. The van der Waals surface area contributed by atoms with E-state index in [1.54, 1.807) is 25.1 Å². The van der Waals surface area contributed by atoms with Gasteiger partial charge in [-0.15, -0.1) is 0 Å². The van der Waals surface area contributed by atoms with Crippen molar-refractivity contribution in [3.63, 3.8) is 0 Å². The molecule has 0 spiro atoms. The number of hydrogen-bond acceptors (Lipinski definition) is 5. The molecule has 0 saturated heterocycles. The molecule has 0 aliphatic carbocycles. The van der Waals surface area contributed by atoms with E-state index in [2.05, 4.69) is 37.1 Å². The van der Waals surface area contributed by atoms with E-state index in [1.165, 1.54) is 7.11 Å².